The van der Waals surface area contributed by atoms with Gasteiger partial charge in [0.1, 0.15) is 0 Å². The van der Waals surface area contributed by atoms with Crippen LogP contribution in [-0.2, 0) is 10.3 Å². The highest BCUT2D eigenvalue weighted by Gasteiger charge is 2.35. The molecule has 0 aliphatic carbocycles. The monoisotopic (exact) mass is 219 g/mol. The van der Waals surface area contributed by atoms with Gasteiger partial charge in [-0.25, -0.2) is 0 Å². The Hall–Kier alpha value is -0.860. The van der Waals surface area contributed by atoms with E-state index >= 15 is 0 Å². The molecule has 1 aliphatic heterocycles. The number of rotatable bonds is 2. The van der Waals surface area contributed by atoms with E-state index in [1.54, 1.807) is 0 Å². The van der Waals surface area contributed by atoms with Gasteiger partial charge < -0.3 is 9.64 Å². The summed E-state index contributed by atoms with van der Waals surface area (Å²) < 4.78 is 5.83. The Kier molecular flexibility index (Phi) is 3.31. The summed E-state index contributed by atoms with van der Waals surface area (Å²) in [5.41, 5.74) is 2.58. The van der Waals surface area contributed by atoms with Gasteiger partial charge in [0, 0.05) is 20.2 Å². The highest BCUT2D eigenvalue weighted by atomic mass is 16.5. The first kappa shape index (κ1) is 11.6. The fourth-order valence-electron chi connectivity index (χ4n) is 2.45. The Morgan fingerprint density at radius 1 is 1.12 bits per heavy atom. The maximum atomic E-state index is 5.83. The fraction of sp³-hybridized carbons (Fsp3) is 0.571. The van der Waals surface area contributed by atoms with E-state index in [1.807, 2.05) is 7.11 Å². The summed E-state index contributed by atoms with van der Waals surface area (Å²) >= 11 is 0. The molecule has 2 heteroatoms. The van der Waals surface area contributed by atoms with Crippen LogP contribution in [0.2, 0.25) is 0 Å². The van der Waals surface area contributed by atoms with Crippen molar-refractivity contribution in [3.8, 4) is 0 Å². The van der Waals surface area contributed by atoms with Gasteiger partial charge in [-0.05, 0) is 32.4 Å². The highest BCUT2D eigenvalue weighted by Crippen LogP contribution is 2.35. The third-order valence-electron chi connectivity index (χ3n) is 3.76. The molecular weight excluding hydrogens is 198 g/mol. The van der Waals surface area contributed by atoms with Gasteiger partial charge in [-0.15, -0.1) is 0 Å². The van der Waals surface area contributed by atoms with Gasteiger partial charge in [0.2, 0.25) is 0 Å². The number of methoxy groups -OCH3 is 1. The summed E-state index contributed by atoms with van der Waals surface area (Å²) in [6, 6.07) is 8.77. The Bertz CT molecular complexity index is 336. The van der Waals surface area contributed by atoms with Crippen LogP contribution in [0, 0.1) is 6.92 Å². The van der Waals surface area contributed by atoms with Crippen LogP contribution in [0.5, 0.6) is 0 Å². The van der Waals surface area contributed by atoms with Crippen LogP contribution in [0.1, 0.15) is 24.0 Å². The van der Waals surface area contributed by atoms with Gasteiger partial charge in [0.15, 0.2) is 0 Å². The molecular formula is C14H21NO. The van der Waals surface area contributed by atoms with Gasteiger partial charge >= 0.3 is 0 Å². The quantitative estimate of drug-likeness (QED) is 0.758. The number of piperidine rings is 1. The average Bonchev–Trinajstić information content (AvgIpc) is 2.32. The Morgan fingerprint density at radius 2 is 1.69 bits per heavy atom. The lowest BCUT2D eigenvalue weighted by atomic mass is 9.84. The Morgan fingerprint density at radius 3 is 2.19 bits per heavy atom. The first-order valence-electron chi connectivity index (χ1n) is 5.97. The first-order chi connectivity index (χ1) is 7.66. The molecule has 0 atom stereocenters. The summed E-state index contributed by atoms with van der Waals surface area (Å²) in [7, 11) is 4.01. The van der Waals surface area contributed by atoms with Gasteiger partial charge in [-0.1, -0.05) is 29.8 Å². The number of aryl methyl sites for hydroxylation is 1. The lowest BCUT2D eigenvalue weighted by Gasteiger charge is -2.40. The normalized spacial score (nSPS) is 20.9. The maximum absolute atomic E-state index is 5.83. The van der Waals surface area contributed by atoms with E-state index in [1.165, 1.54) is 11.1 Å². The lowest BCUT2D eigenvalue weighted by molar-refractivity contribution is -0.0585. The molecule has 88 valence electrons. The number of likely N-dealkylation sites (tertiary alicyclic amines) is 1. The maximum Gasteiger partial charge on any atom is 0.0951 e. The van der Waals surface area contributed by atoms with E-state index in [9.17, 15) is 0 Å². The molecule has 0 saturated carbocycles. The molecule has 1 aliphatic rings. The van der Waals surface area contributed by atoms with Crippen molar-refractivity contribution >= 4 is 0 Å². The van der Waals surface area contributed by atoms with Crippen molar-refractivity contribution in [3.05, 3.63) is 35.4 Å². The van der Waals surface area contributed by atoms with Gasteiger partial charge in [-0.2, -0.15) is 0 Å². The van der Waals surface area contributed by atoms with Crippen molar-refractivity contribution < 1.29 is 4.74 Å². The van der Waals surface area contributed by atoms with Gasteiger partial charge in [0.05, 0.1) is 5.60 Å². The lowest BCUT2D eigenvalue weighted by Crippen LogP contribution is -2.42. The van der Waals surface area contributed by atoms with Crippen LogP contribution in [0.15, 0.2) is 24.3 Å². The molecule has 1 fully saturated rings. The average molecular weight is 219 g/mol. The van der Waals surface area contributed by atoms with Crippen LogP contribution in [0.4, 0.5) is 0 Å². The predicted octanol–water partition coefficient (Wildman–Crippen LogP) is 2.56. The Labute approximate surface area is 98.2 Å². The molecule has 0 spiro atoms. The van der Waals surface area contributed by atoms with E-state index in [0.717, 1.165) is 25.9 Å². The Balaban J connectivity index is 2.24. The summed E-state index contributed by atoms with van der Waals surface area (Å²) in [5, 5.41) is 0. The summed E-state index contributed by atoms with van der Waals surface area (Å²) in [6.45, 7) is 4.35. The minimum Gasteiger partial charge on any atom is -0.373 e. The van der Waals surface area contributed by atoms with E-state index in [2.05, 4.69) is 43.1 Å². The molecule has 1 saturated heterocycles. The zero-order chi connectivity index (χ0) is 11.6. The fourth-order valence-corrected chi connectivity index (χ4v) is 2.45. The number of nitrogens with zero attached hydrogens (tertiary/aromatic N) is 1. The summed E-state index contributed by atoms with van der Waals surface area (Å²) in [4.78, 5) is 2.37. The zero-order valence-corrected chi connectivity index (χ0v) is 10.5. The molecule has 1 heterocycles. The minimum atomic E-state index is -0.0553. The third-order valence-corrected chi connectivity index (χ3v) is 3.76. The number of hydrogen-bond donors (Lipinski definition) is 0. The summed E-state index contributed by atoms with van der Waals surface area (Å²) in [5.74, 6) is 0. The molecule has 0 N–H and O–H groups in total. The molecule has 0 aromatic heterocycles. The molecule has 2 nitrogen and oxygen atoms in total. The van der Waals surface area contributed by atoms with E-state index < -0.39 is 0 Å². The molecule has 0 unspecified atom stereocenters. The van der Waals surface area contributed by atoms with E-state index in [0.29, 0.717) is 0 Å². The molecule has 1 aromatic rings. The summed E-state index contributed by atoms with van der Waals surface area (Å²) in [6.07, 6.45) is 2.17. The van der Waals surface area contributed by atoms with Crippen LogP contribution < -0.4 is 0 Å². The zero-order valence-electron chi connectivity index (χ0n) is 10.5. The van der Waals surface area contributed by atoms with E-state index in [-0.39, 0.29) is 5.60 Å². The molecule has 1 aromatic carbocycles. The largest absolute Gasteiger partial charge is 0.373 e. The minimum absolute atomic E-state index is 0.0553. The number of hydrogen-bond acceptors (Lipinski definition) is 2. The van der Waals surface area contributed by atoms with Crippen molar-refractivity contribution in [1.29, 1.82) is 0 Å². The predicted molar refractivity (Wildman–Crippen MR) is 66.6 cm³/mol. The van der Waals surface area contributed by atoms with Gasteiger partial charge in [-0.3, -0.25) is 0 Å². The van der Waals surface area contributed by atoms with Crippen molar-refractivity contribution in [2.24, 2.45) is 0 Å². The van der Waals surface area contributed by atoms with Crippen LogP contribution in [0.3, 0.4) is 0 Å². The number of ether oxygens (including phenoxy) is 1. The molecule has 16 heavy (non-hydrogen) atoms. The second-order valence-corrected chi connectivity index (χ2v) is 4.87. The van der Waals surface area contributed by atoms with E-state index in [4.69, 9.17) is 4.74 Å². The van der Waals surface area contributed by atoms with Crippen molar-refractivity contribution in [3.63, 3.8) is 0 Å². The number of benzene rings is 1. The van der Waals surface area contributed by atoms with Crippen molar-refractivity contribution in [1.82, 2.24) is 4.90 Å². The van der Waals surface area contributed by atoms with Crippen molar-refractivity contribution in [2.75, 3.05) is 27.2 Å². The molecule has 0 bridgehead atoms. The molecule has 2 rings (SSSR count). The van der Waals surface area contributed by atoms with Crippen LogP contribution in [-0.4, -0.2) is 32.1 Å². The third kappa shape index (κ3) is 2.13. The second kappa shape index (κ2) is 4.56. The topological polar surface area (TPSA) is 12.5 Å². The van der Waals surface area contributed by atoms with Crippen molar-refractivity contribution in [2.45, 2.75) is 25.4 Å². The first-order valence-corrected chi connectivity index (χ1v) is 5.97. The van der Waals surface area contributed by atoms with Gasteiger partial charge in [0.25, 0.3) is 0 Å². The standard InChI is InChI=1S/C14H21NO/c1-12-4-6-13(7-5-12)14(16-3)8-10-15(2)11-9-14/h4-7H,8-11H2,1-3H3. The molecule has 0 amide bonds. The smallest absolute Gasteiger partial charge is 0.0951 e. The van der Waals surface area contributed by atoms with Crippen LogP contribution >= 0.6 is 0 Å². The SMILES string of the molecule is COC1(c2ccc(C)cc2)CCN(C)CC1. The molecule has 0 radical (unpaired) electrons. The van der Waals surface area contributed by atoms with Crippen LogP contribution in [0.25, 0.3) is 0 Å². The second-order valence-electron chi connectivity index (χ2n) is 4.87. The highest BCUT2D eigenvalue weighted by molar-refractivity contribution is 5.27.